The van der Waals surface area contributed by atoms with Crippen molar-refractivity contribution in [1.82, 2.24) is 17.9 Å². The first-order valence-corrected chi connectivity index (χ1v) is 16.5. The molecule has 0 atom stereocenters. The molecular weight excluding hydrogens is 571 g/mol. The number of rotatable bonds is 1. The van der Waals surface area contributed by atoms with Gasteiger partial charge in [-0.1, -0.05) is 78.9 Å². The number of fused-ring (bicyclic) bond motifs is 16. The Balaban J connectivity index is 1.40. The van der Waals surface area contributed by atoms with Crippen molar-refractivity contribution in [3.05, 3.63) is 139 Å². The van der Waals surface area contributed by atoms with Crippen LogP contribution in [-0.2, 0) is 0 Å². The van der Waals surface area contributed by atoms with Crippen molar-refractivity contribution in [2.75, 3.05) is 0 Å². The largest absolute Gasteiger partial charge is 0.295 e. The summed E-state index contributed by atoms with van der Waals surface area (Å²) < 4.78 is 10.2. The molecule has 10 aromatic rings. The van der Waals surface area contributed by atoms with Gasteiger partial charge in [0.15, 0.2) is 0 Å². The number of nitrogens with zero attached hydrogens (tertiary/aromatic N) is 4. The van der Waals surface area contributed by atoms with Crippen LogP contribution in [0.3, 0.4) is 0 Å². The van der Waals surface area contributed by atoms with Crippen molar-refractivity contribution >= 4 is 78.3 Å². The Kier molecular flexibility index (Phi) is 4.17. The molecule has 0 fully saturated rings. The quantitative estimate of drug-likeness (QED) is 0.172. The second-order valence-electron chi connectivity index (χ2n) is 13.6. The van der Waals surface area contributed by atoms with Crippen LogP contribution in [0.5, 0.6) is 0 Å². The standard InChI is InChI=1S/C42H27BN4/c1-24-16-18-28-34(20-24)44-30-12-6-8-14-32(30)46-36-22-27(26-10-4-3-5-11-26)23-37-40(36)43(38(28)41(44)46)39-29-19-17-25(2)21-35(29)45-31-13-7-9-15-33(31)47(37)42(39)45/h3-23H,1-2H3. The summed E-state index contributed by atoms with van der Waals surface area (Å²) >= 11 is 0. The van der Waals surface area contributed by atoms with Gasteiger partial charge in [-0.05, 0) is 112 Å². The van der Waals surface area contributed by atoms with E-state index < -0.39 is 0 Å². The molecule has 0 aliphatic carbocycles. The molecule has 12 rings (SSSR count). The fourth-order valence-corrected chi connectivity index (χ4v) is 9.24. The number of aryl methyl sites for hydroxylation is 2. The van der Waals surface area contributed by atoms with Crippen LogP contribution in [0.25, 0.3) is 77.7 Å². The molecule has 6 aromatic carbocycles. The van der Waals surface area contributed by atoms with Gasteiger partial charge in [0.1, 0.15) is 11.3 Å². The lowest BCUT2D eigenvalue weighted by Gasteiger charge is -2.32. The molecule has 0 N–H and O–H groups in total. The van der Waals surface area contributed by atoms with Crippen molar-refractivity contribution in [1.29, 1.82) is 0 Å². The van der Waals surface area contributed by atoms with E-state index in [9.17, 15) is 0 Å². The van der Waals surface area contributed by atoms with E-state index in [2.05, 4.69) is 159 Å². The minimum atomic E-state index is 0.0730. The third kappa shape index (κ3) is 2.72. The van der Waals surface area contributed by atoms with Gasteiger partial charge in [-0.3, -0.25) is 17.9 Å². The van der Waals surface area contributed by atoms with Gasteiger partial charge < -0.3 is 0 Å². The third-order valence-corrected chi connectivity index (χ3v) is 11.0. The maximum Gasteiger partial charge on any atom is 0.258 e. The molecule has 4 aromatic heterocycles. The molecular formula is C42H27BN4. The second-order valence-corrected chi connectivity index (χ2v) is 13.6. The van der Waals surface area contributed by atoms with Gasteiger partial charge in [-0.15, -0.1) is 0 Å². The summed E-state index contributed by atoms with van der Waals surface area (Å²) in [5.41, 5.74) is 21.9. The smallest absolute Gasteiger partial charge is 0.258 e. The summed E-state index contributed by atoms with van der Waals surface area (Å²) in [5, 5.41) is 2.67. The summed E-state index contributed by atoms with van der Waals surface area (Å²) in [6, 6.07) is 47.8. The summed E-state index contributed by atoms with van der Waals surface area (Å²) in [6.07, 6.45) is 0. The Morgan fingerprint density at radius 1 is 0.404 bits per heavy atom. The van der Waals surface area contributed by atoms with Crippen LogP contribution in [-0.4, -0.2) is 24.6 Å². The van der Waals surface area contributed by atoms with Crippen molar-refractivity contribution in [3.8, 4) is 22.5 Å². The molecule has 0 amide bonds. The van der Waals surface area contributed by atoms with Crippen LogP contribution >= 0.6 is 0 Å². The van der Waals surface area contributed by atoms with E-state index in [1.54, 1.807) is 0 Å². The fraction of sp³-hybridized carbons (Fsp3) is 0.0476. The maximum atomic E-state index is 2.57. The molecule has 6 heterocycles. The number of imidazole rings is 2. The molecule has 0 unspecified atom stereocenters. The Hall–Kier alpha value is -5.94. The zero-order chi connectivity index (χ0) is 30.7. The monoisotopic (exact) mass is 598 g/mol. The van der Waals surface area contributed by atoms with Crippen LogP contribution < -0.4 is 16.4 Å². The molecule has 4 nitrogen and oxygen atoms in total. The Morgan fingerprint density at radius 2 is 0.872 bits per heavy atom. The van der Waals surface area contributed by atoms with Gasteiger partial charge in [-0.2, -0.15) is 0 Å². The predicted molar refractivity (Wildman–Crippen MR) is 197 cm³/mol. The minimum absolute atomic E-state index is 0.0730. The highest BCUT2D eigenvalue weighted by Crippen LogP contribution is 2.41. The van der Waals surface area contributed by atoms with Gasteiger partial charge >= 0.3 is 0 Å². The summed E-state index contributed by atoms with van der Waals surface area (Å²) in [6.45, 7) is 4.49. The average Bonchev–Trinajstić information content (AvgIpc) is 3.82. The highest BCUT2D eigenvalue weighted by molar-refractivity contribution is 7.02. The first-order valence-electron chi connectivity index (χ1n) is 16.5. The highest BCUT2D eigenvalue weighted by Gasteiger charge is 2.45. The number of hydrogen-bond acceptors (Lipinski definition) is 0. The lowest BCUT2D eigenvalue weighted by Crippen LogP contribution is -2.59. The van der Waals surface area contributed by atoms with Crippen molar-refractivity contribution in [2.45, 2.75) is 13.8 Å². The van der Waals surface area contributed by atoms with Crippen molar-refractivity contribution in [3.63, 3.8) is 0 Å². The van der Waals surface area contributed by atoms with Crippen LogP contribution in [0.4, 0.5) is 0 Å². The zero-order valence-corrected chi connectivity index (χ0v) is 26.0. The highest BCUT2D eigenvalue weighted by atomic mass is 15.2. The maximum absolute atomic E-state index is 2.57. The Morgan fingerprint density at radius 3 is 1.38 bits per heavy atom. The van der Waals surface area contributed by atoms with Crippen molar-refractivity contribution in [2.24, 2.45) is 0 Å². The second kappa shape index (κ2) is 8.07. The van der Waals surface area contributed by atoms with E-state index in [-0.39, 0.29) is 6.71 Å². The molecule has 2 aliphatic heterocycles. The molecule has 47 heavy (non-hydrogen) atoms. The van der Waals surface area contributed by atoms with E-state index in [0.29, 0.717) is 0 Å². The number of para-hydroxylation sites is 4. The molecule has 0 spiro atoms. The van der Waals surface area contributed by atoms with E-state index in [4.69, 9.17) is 0 Å². The molecule has 218 valence electrons. The lowest BCUT2D eigenvalue weighted by molar-refractivity contribution is 1.12. The first-order chi connectivity index (χ1) is 23.2. The summed E-state index contributed by atoms with van der Waals surface area (Å²) in [5.74, 6) is 0. The van der Waals surface area contributed by atoms with Gasteiger partial charge in [0.05, 0.1) is 33.1 Å². The van der Waals surface area contributed by atoms with Crippen LogP contribution in [0.2, 0.25) is 0 Å². The topological polar surface area (TPSA) is 18.7 Å². The summed E-state index contributed by atoms with van der Waals surface area (Å²) in [7, 11) is 0. The van der Waals surface area contributed by atoms with Gasteiger partial charge in [0.25, 0.3) is 6.71 Å². The predicted octanol–water partition coefficient (Wildman–Crippen LogP) is 7.81. The molecule has 0 bridgehead atoms. The van der Waals surface area contributed by atoms with E-state index >= 15 is 0 Å². The van der Waals surface area contributed by atoms with E-state index in [1.165, 1.54) is 105 Å². The molecule has 5 heteroatoms. The van der Waals surface area contributed by atoms with Crippen LogP contribution in [0, 0.1) is 13.8 Å². The lowest BCUT2D eigenvalue weighted by atomic mass is 9.34. The number of benzene rings is 6. The van der Waals surface area contributed by atoms with Crippen LogP contribution in [0.1, 0.15) is 11.1 Å². The molecule has 0 saturated carbocycles. The minimum Gasteiger partial charge on any atom is -0.295 e. The Labute approximate surface area is 270 Å². The van der Waals surface area contributed by atoms with E-state index in [1.807, 2.05) is 0 Å². The number of aromatic nitrogens is 4. The van der Waals surface area contributed by atoms with Crippen molar-refractivity contribution < 1.29 is 0 Å². The zero-order valence-electron chi connectivity index (χ0n) is 26.0. The molecule has 2 aliphatic rings. The van der Waals surface area contributed by atoms with Gasteiger partial charge in [0, 0.05) is 11.4 Å². The Bertz CT molecular complexity index is 2860. The van der Waals surface area contributed by atoms with Gasteiger partial charge in [-0.25, -0.2) is 0 Å². The fourth-order valence-electron chi connectivity index (χ4n) is 9.24. The van der Waals surface area contributed by atoms with E-state index in [0.717, 1.165) is 0 Å². The first kappa shape index (κ1) is 24.3. The normalized spacial score (nSPS) is 13.3. The third-order valence-electron chi connectivity index (χ3n) is 11.0. The average molecular weight is 599 g/mol. The molecule has 0 saturated heterocycles. The SMILES string of the molecule is Cc1ccc2c3c4n(c5ccccc5n4c2c1)-c1cc(-c2ccccc2)cc2c1B3c1c3ccc(C)cc3n3c4ccccc4n-2c13. The molecule has 0 radical (unpaired) electrons. The number of hydrogen-bond donors (Lipinski definition) is 0. The summed E-state index contributed by atoms with van der Waals surface area (Å²) in [4.78, 5) is 0. The van der Waals surface area contributed by atoms with Crippen LogP contribution in [0.15, 0.2) is 127 Å². The van der Waals surface area contributed by atoms with Gasteiger partial charge in [0.2, 0.25) is 0 Å².